The van der Waals surface area contributed by atoms with Gasteiger partial charge in [0.05, 0.1) is 0 Å². The average Bonchev–Trinajstić information content (AvgIpc) is 1.14. The molecular weight excluding hydrogens is 256 g/mol. The summed E-state index contributed by atoms with van der Waals surface area (Å²) >= 11 is 0. The molecule has 11 heavy (non-hydrogen) atoms. The Kier molecular flexibility index (Phi) is 9.70. The van der Waals surface area contributed by atoms with Crippen LogP contribution in [0.25, 0.3) is 0 Å². The summed E-state index contributed by atoms with van der Waals surface area (Å²) in [5.41, 5.74) is 0. The first-order chi connectivity index (χ1) is 3.71. The molecule has 0 bridgehead atoms. The van der Waals surface area contributed by atoms with Gasteiger partial charge in [-0.25, -0.2) is 9.13 Å². The molecule has 0 fully saturated rings. The maximum Gasteiger partial charge on any atom is 0.478 e. The minimum atomic E-state index is -5.05. The predicted molar refractivity (Wildman–Crippen MR) is 35.1 cm³/mol. The molecular formula is H7AlMnO7P2. The number of hydrogen-bond acceptors (Lipinski definition) is 3. The van der Waals surface area contributed by atoms with E-state index in [1.165, 1.54) is 0 Å². The molecule has 0 saturated heterocycles. The van der Waals surface area contributed by atoms with Gasteiger partial charge in [-0.05, 0) is 0 Å². The first-order valence-corrected chi connectivity index (χ1v) is 4.59. The normalized spacial score (nSPS) is 11.3. The Morgan fingerprint density at radius 1 is 0.909 bits per heavy atom. The van der Waals surface area contributed by atoms with E-state index in [9.17, 15) is 9.13 Å². The van der Waals surface area contributed by atoms with Crippen LogP contribution in [0.3, 0.4) is 0 Å². The Hall–Kier alpha value is 1.31. The molecule has 0 aliphatic carbocycles. The standard InChI is InChI=1S/Al.Mn.H4O7P2.3H/c;;1-8(2,3)7-9(4,5)6;;;/h;;(H2,1,2,3)(H2,4,5,6);;;. The van der Waals surface area contributed by atoms with Crippen LogP contribution in [0.2, 0.25) is 0 Å². The summed E-state index contributed by atoms with van der Waals surface area (Å²) < 4.78 is 22.2. The third kappa shape index (κ3) is 18.3. The van der Waals surface area contributed by atoms with Crippen molar-refractivity contribution >= 4 is 33.0 Å². The predicted octanol–water partition coefficient (Wildman–Crippen LogP) is -2.00. The van der Waals surface area contributed by atoms with Gasteiger partial charge < -0.3 is 19.6 Å². The molecule has 4 N–H and O–H groups in total. The second kappa shape index (κ2) is 5.87. The second-order valence-corrected chi connectivity index (χ2v) is 3.68. The van der Waals surface area contributed by atoms with E-state index in [2.05, 4.69) is 4.31 Å². The fraction of sp³-hybridized carbons (Fsp3) is 0. The molecule has 0 rings (SSSR count). The van der Waals surface area contributed by atoms with Gasteiger partial charge in [0.25, 0.3) is 0 Å². The largest absolute Gasteiger partial charge is 0.478 e. The van der Waals surface area contributed by atoms with Crippen LogP contribution in [-0.4, -0.2) is 36.9 Å². The maximum absolute atomic E-state index is 9.63. The minimum Gasteiger partial charge on any atom is -0.302 e. The van der Waals surface area contributed by atoms with Gasteiger partial charge in [0.1, 0.15) is 0 Å². The Morgan fingerprint density at radius 3 is 1.09 bits per heavy atom. The topological polar surface area (TPSA) is 124 Å². The molecule has 0 unspecified atom stereocenters. The maximum atomic E-state index is 9.63. The minimum absolute atomic E-state index is 0. The molecule has 0 aliphatic rings. The average molecular weight is 263 g/mol. The van der Waals surface area contributed by atoms with E-state index < -0.39 is 15.6 Å². The van der Waals surface area contributed by atoms with Crippen LogP contribution in [-0.2, 0) is 30.5 Å². The van der Waals surface area contributed by atoms with E-state index in [-0.39, 0.29) is 34.4 Å². The van der Waals surface area contributed by atoms with Crippen LogP contribution in [0.1, 0.15) is 0 Å². The molecule has 69 valence electrons. The Morgan fingerprint density at radius 2 is 1.09 bits per heavy atom. The van der Waals surface area contributed by atoms with E-state index in [1.54, 1.807) is 0 Å². The summed E-state index contributed by atoms with van der Waals surface area (Å²) in [6, 6.07) is 0. The van der Waals surface area contributed by atoms with Crippen molar-refractivity contribution in [3.63, 3.8) is 0 Å². The first kappa shape index (κ1) is 18.2. The van der Waals surface area contributed by atoms with Crippen LogP contribution in [0, 0.1) is 0 Å². The van der Waals surface area contributed by atoms with Crippen molar-refractivity contribution in [1.29, 1.82) is 0 Å². The van der Waals surface area contributed by atoms with Gasteiger partial charge >= 0.3 is 15.6 Å². The van der Waals surface area contributed by atoms with Gasteiger partial charge in [-0.15, -0.1) is 0 Å². The van der Waals surface area contributed by atoms with E-state index in [1.807, 2.05) is 0 Å². The molecule has 0 aromatic carbocycles. The van der Waals surface area contributed by atoms with Crippen LogP contribution in [0.5, 0.6) is 0 Å². The summed E-state index contributed by atoms with van der Waals surface area (Å²) in [7, 11) is -10.1. The molecule has 0 atom stereocenters. The zero-order valence-corrected chi connectivity index (χ0v) is 7.26. The molecule has 0 amide bonds. The number of phosphoric acid groups is 2. The fourth-order valence-corrected chi connectivity index (χ4v) is 1.25. The molecule has 0 spiro atoms. The summed E-state index contributed by atoms with van der Waals surface area (Å²) in [6.07, 6.45) is 0. The fourth-order valence-electron chi connectivity index (χ4n) is 0.139. The van der Waals surface area contributed by atoms with Crippen molar-refractivity contribution in [2.24, 2.45) is 0 Å². The number of rotatable bonds is 2. The van der Waals surface area contributed by atoms with Crippen molar-refractivity contribution in [1.82, 2.24) is 0 Å². The van der Waals surface area contributed by atoms with Gasteiger partial charge in [0.2, 0.25) is 0 Å². The first-order valence-electron chi connectivity index (χ1n) is 1.53. The van der Waals surface area contributed by atoms with Crippen LogP contribution in [0.15, 0.2) is 0 Å². The van der Waals surface area contributed by atoms with E-state index in [4.69, 9.17) is 19.6 Å². The molecule has 0 saturated carbocycles. The summed E-state index contributed by atoms with van der Waals surface area (Å²) in [6.45, 7) is 0. The molecule has 0 aliphatic heterocycles. The number of hydrogen-bond donors (Lipinski definition) is 4. The molecule has 1 radical (unpaired) electrons. The van der Waals surface area contributed by atoms with Gasteiger partial charge in [-0.2, -0.15) is 4.31 Å². The van der Waals surface area contributed by atoms with Crippen molar-refractivity contribution in [2.75, 3.05) is 0 Å². The quantitative estimate of drug-likeness (QED) is 0.335. The van der Waals surface area contributed by atoms with Crippen molar-refractivity contribution < 1.29 is 50.1 Å². The van der Waals surface area contributed by atoms with Crippen molar-refractivity contribution in [3.05, 3.63) is 0 Å². The Balaban J connectivity index is -0.000000320. The van der Waals surface area contributed by atoms with Gasteiger partial charge in [-0.3, -0.25) is 0 Å². The smallest absolute Gasteiger partial charge is 0.302 e. The van der Waals surface area contributed by atoms with Crippen molar-refractivity contribution in [2.45, 2.75) is 0 Å². The van der Waals surface area contributed by atoms with Gasteiger partial charge in [0.15, 0.2) is 17.4 Å². The second-order valence-electron chi connectivity index (χ2n) is 1.06. The molecule has 11 heteroatoms. The van der Waals surface area contributed by atoms with Crippen LogP contribution in [0.4, 0.5) is 0 Å². The molecule has 0 aromatic heterocycles. The monoisotopic (exact) mass is 263 g/mol. The SMILES string of the molecule is O=P(O)(O)OP(=O)(O)O.[AlH3].[Mn]. The van der Waals surface area contributed by atoms with E-state index >= 15 is 0 Å². The van der Waals surface area contributed by atoms with E-state index in [0.29, 0.717) is 0 Å². The summed E-state index contributed by atoms with van der Waals surface area (Å²) in [5.74, 6) is 0. The third-order valence-electron chi connectivity index (χ3n) is 0.213. The van der Waals surface area contributed by atoms with Gasteiger partial charge in [0, 0.05) is 17.1 Å². The molecule has 7 nitrogen and oxygen atoms in total. The van der Waals surface area contributed by atoms with Crippen molar-refractivity contribution in [3.8, 4) is 0 Å². The van der Waals surface area contributed by atoms with Gasteiger partial charge in [-0.1, -0.05) is 0 Å². The Labute approximate surface area is 83.2 Å². The van der Waals surface area contributed by atoms with Crippen LogP contribution < -0.4 is 0 Å². The molecule has 0 heterocycles. The Bertz CT molecular complexity index is 157. The summed E-state index contributed by atoms with van der Waals surface area (Å²) in [5, 5.41) is 0. The van der Waals surface area contributed by atoms with E-state index in [0.717, 1.165) is 0 Å². The zero-order valence-electron chi connectivity index (χ0n) is 4.29. The molecule has 0 aromatic rings. The summed E-state index contributed by atoms with van der Waals surface area (Å²) in [4.78, 5) is 31.0. The van der Waals surface area contributed by atoms with Crippen LogP contribution >= 0.6 is 15.6 Å². The third-order valence-corrected chi connectivity index (χ3v) is 1.91. The zero-order chi connectivity index (χ0) is 7.71.